The number of hydrogen-bond donors (Lipinski definition) is 4. The number of methoxy groups -OCH3 is 1. The number of nitrogens with one attached hydrogen (secondary N) is 2. The van der Waals surface area contributed by atoms with Crippen molar-refractivity contribution >= 4 is 23.2 Å². The average Bonchev–Trinajstić information content (AvgIpc) is 2.74. The minimum Gasteiger partial charge on any atom is -0.497 e. The van der Waals surface area contributed by atoms with Crippen LogP contribution in [0.2, 0.25) is 0 Å². The van der Waals surface area contributed by atoms with Gasteiger partial charge in [-0.25, -0.2) is 4.98 Å². The van der Waals surface area contributed by atoms with E-state index in [1.165, 1.54) is 7.11 Å². The molecule has 1 unspecified atom stereocenters. The highest BCUT2D eigenvalue weighted by Crippen LogP contribution is 2.46. The first-order valence-electron chi connectivity index (χ1n) is 8.25. The number of nitrogens with zero attached hydrogens (tertiary/aromatic N) is 4. The van der Waals surface area contributed by atoms with Gasteiger partial charge in [-0.1, -0.05) is 12.1 Å². The number of ether oxygens (including phenoxy) is 1. The molecule has 0 aliphatic carbocycles. The van der Waals surface area contributed by atoms with Crippen molar-refractivity contribution in [2.24, 2.45) is 0 Å². The van der Waals surface area contributed by atoms with Crippen molar-refractivity contribution in [1.82, 2.24) is 4.98 Å². The van der Waals surface area contributed by atoms with Gasteiger partial charge in [0.25, 0.3) is 0 Å². The Bertz CT molecular complexity index is 1220. The number of fused-ring (bicyclic) bond motifs is 1. The third kappa shape index (κ3) is 2.98. The van der Waals surface area contributed by atoms with Gasteiger partial charge in [-0.3, -0.25) is 5.41 Å². The first-order valence-corrected chi connectivity index (χ1v) is 8.25. The van der Waals surface area contributed by atoms with E-state index >= 15 is 0 Å². The molecular formula is C20H14N8O. The number of anilines is 3. The molecule has 140 valence electrons. The molecule has 1 atom stereocenters. The summed E-state index contributed by atoms with van der Waals surface area (Å²) >= 11 is 0. The number of aromatic nitrogens is 1. The number of benzene rings is 1. The smallest absolute Gasteiger partial charge is 0.145 e. The number of hydrogen-bond acceptors (Lipinski definition) is 9. The summed E-state index contributed by atoms with van der Waals surface area (Å²) in [5, 5.41) is 38.9. The van der Waals surface area contributed by atoms with Crippen LogP contribution in [0.25, 0.3) is 0 Å². The van der Waals surface area contributed by atoms with Gasteiger partial charge in [-0.15, -0.1) is 0 Å². The molecule has 1 aliphatic rings. The van der Waals surface area contributed by atoms with Crippen LogP contribution in [0, 0.1) is 39.4 Å². The number of pyridine rings is 1. The third-order valence-electron chi connectivity index (χ3n) is 4.56. The fourth-order valence-corrected chi connectivity index (χ4v) is 3.21. The molecule has 2 heterocycles. The summed E-state index contributed by atoms with van der Waals surface area (Å²) in [7, 11) is 1.53. The second-order valence-electron chi connectivity index (χ2n) is 6.00. The maximum Gasteiger partial charge on any atom is 0.145 e. The molecule has 1 aromatic carbocycles. The Labute approximate surface area is 166 Å². The first kappa shape index (κ1) is 19.0. The van der Waals surface area contributed by atoms with E-state index in [9.17, 15) is 15.8 Å². The summed E-state index contributed by atoms with van der Waals surface area (Å²) in [6.45, 7) is 0. The minimum absolute atomic E-state index is 0.00732. The van der Waals surface area contributed by atoms with E-state index in [-0.39, 0.29) is 39.7 Å². The van der Waals surface area contributed by atoms with Crippen molar-refractivity contribution in [2.75, 3.05) is 23.9 Å². The quantitative estimate of drug-likeness (QED) is 0.460. The highest BCUT2D eigenvalue weighted by molar-refractivity contribution is 5.84. The predicted molar refractivity (Wildman–Crippen MR) is 106 cm³/mol. The summed E-state index contributed by atoms with van der Waals surface area (Å²) in [5.74, 6) is 2.03. The van der Waals surface area contributed by atoms with Crippen molar-refractivity contribution in [1.29, 1.82) is 21.2 Å². The van der Waals surface area contributed by atoms with Gasteiger partial charge < -0.3 is 21.5 Å². The van der Waals surface area contributed by atoms with Gasteiger partial charge in [-0.2, -0.15) is 15.8 Å². The Morgan fingerprint density at radius 2 is 1.86 bits per heavy atom. The molecule has 0 fully saturated rings. The molecule has 29 heavy (non-hydrogen) atoms. The lowest BCUT2D eigenvalue weighted by atomic mass is 9.80. The van der Waals surface area contributed by atoms with Crippen LogP contribution in [0.15, 0.2) is 41.1 Å². The fraction of sp³-hybridized carbons (Fsp3) is 0.100. The highest BCUT2D eigenvalue weighted by atomic mass is 16.5. The topological polar surface area (TPSA) is 181 Å². The Balaban J connectivity index is 2.40. The van der Waals surface area contributed by atoms with E-state index in [0.717, 1.165) is 0 Å². The predicted octanol–water partition coefficient (Wildman–Crippen LogP) is 2.16. The molecular weight excluding hydrogens is 368 g/mol. The second-order valence-corrected chi connectivity index (χ2v) is 6.00. The van der Waals surface area contributed by atoms with E-state index in [2.05, 4.69) is 16.4 Å². The lowest BCUT2D eigenvalue weighted by Gasteiger charge is -2.29. The van der Waals surface area contributed by atoms with Crippen molar-refractivity contribution < 1.29 is 4.74 Å². The van der Waals surface area contributed by atoms with Crippen molar-refractivity contribution in [3.63, 3.8) is 0 Å². The molecule has 0 saturated carbocycles. The molecule has 1 aromatic heterocycles. The fourth-order valence-electron chi connectivity index (χ4n) is 3.21. The lowest BCUT2D eigenvalue weighted by molar-refractivity contribution is 0.414. The molecule has 1 aliphatic heterocycles. The lowest BCUT2D eigenvalue weighted by Crippen LogP contribution is -2.23. The maximum absolute atomic E-state index is 9.90. The van der Waals surface area contributed by atoms with Gasteiger partial charge in [0, 0.05) is 5.56 Å². The van der Waals surface area contributed by atoms with Gasteiger partial charge in [0.15, 0.2) is 0 Å². The van der Waals surface area contributed by atoms with Crippen LogP contribution < -0.4 is 21.5 Å². The number of nitriles is 3. The number of nitrogens with two attached hydrogens (primary N) is 2. The maximum atomic E-state index is 9.90. The van der Waals surface area contributed by atoms with Crippen LogP contribution in [0.4, 0.5) is 17.3 Å². The van der Waals surface area contributed by atoms with Crippen LogP contribution in [-0.2, 0) is 0 Å². The molecule has 0 saturated heterocycles. The van der Waals surface area contributed by atoms with Crippen LogP contribution in [0.3, 0.4) is 0 Å². The van der Waals surface area contributed by atoms with Gasteiger partial charge in [0.05, 0.1) is 36.1 Å². The highest BCUT2D eigenvalue weighted by Gasteiger charge is 2.35. The van der Waals surface area contributed by atoms with E-state index in [0.29, 0.717) is 16.9 Å². The molecule has 0 radical (unpaired) electrons. The van der Waals surface area contributed by atoms with Crippen LogP contribution >= 0.6 is 0 Å². The van der Waals surface area contributed by atoms with E-state index in [1.54, 1.807) is 24.3 Å². The summed E-state index contributed by atoms with van der Waals surface area (Å²) in [5.41, 5.74) is 13.3. The molecule has 9 heteroatoms. The standard InChI is InChI=1S/C20H14N8O/c1-29-12-4-2-10(3-5-12)15-13(8-23)18(11(6-21)7-22)27-20-16(15)17(25)14(9-24)19(26)28-20/h2-5,15,21H,1H3,(H5,25,26,27,28). The Kier molecular flexibility index (Phi) is 4.89. The monoisotopic (exact) mass is 382 g/mol. The van der Waals surface area contributed by atoms with Crippen LogP contribution in [-0.4, -0.2) is 18.0 Å². The molecule has 3 rings (SSSR count). The second kappa shape index (κ2) is 7.46. The van der Waals surface area contributed by atoms with E-state index in [1.807, 2.05) is 18.0 Å². The number of allylic oxidation sites excluding steroid dienone is 2. The largest absolute Gasteiger partial charge is 0.497 e. The normalized spacial score (nSPS) is 14.3. The van der Waals surface area contributed by atoms with Crippen molar-refractivity contribution in [2.45, 2.75) is 5.92 Å². The van der Waals surface area contributed by atoms with Gasteiger partial charge >= 0.3 is 0 Å². The molecule has 0 spiro atoms. The van der Waals surface area contributed by atoms with E-state index in [4.69, 9.17) is 21.6 Å². The molecule has 0 bridgehead atoms. The number of rotatable bonds is 3. The van der Waals surface area contributed by atoms with Crippen molar-refractivity contribution in [3.8, 4) is 24.0 Å². The zero-order chi connectivity index (χ0) is 21.1. The van der Waals surface area contributed by atoms with Gasteiger partial charge in [0.2, 0.25) is 0 Å². The van der Waals surface area contributed by atoms with Crippen LogP contribution in [0.5, 0.6) is 5.75 Å². The summed E-state index contributed by atoms with van der Waals surface area (Å²) in [6, 6.07) is 12.8. The van der Waals surface area contributed by atoms with Gasteiger partial charge in [0.1, 0.15) is 40.7 Å². The van der Waals surface area contributed by atoms with Crippen molar-refractivity contribution in [3.05, 3.63) is 57.8 Å². The third-order valence-corrected chi connectivity index (χ3v) is 4.56. The molecule has 9 nitrogen and oxygen atoms in total. The first-order chi connectivity index (χ1) is 14.0. The van der Waals surface area contributed by atoms with E-state index < -0.39 is 5.92 Å². The van der Waals surface area contributed by atoms with Gasteiger partial charge in [-0.05, 0) is 23.6 Å². The molecule has 2 aromatic rings. The summed E-state index contributed by atoms with van der Waals surface area (Å²) in [4.78, 5) is 4.21. The zero-order valence-corrected chi connectivity index (χ0v) is 15.2. The Morgan fingerprint density at radius 1 is 1.17 bits per heavy atom. The zero-order valence-electron chi connectivity index (χ0n) is 15.2. The minimum atomic E-state index is -0.742. The Morgan fingerprint density at radius 3 is 2.38 bits per heavy atom. The SMILES string of the molecule is COc1ccc(C2C(C#N)=C(C(=C=N)C#N)Nc3nc(N)c(C#N)c(N)c32)cc1. The average molecular weight is 382 g/mol. The van der Waals surface area contributed by atoms with Crippen LogP contribution in [0.1, 0.15) is 22.6 Å². The number of nitrogen functional groups attached to an aromatic ring is 2. The molecule has 6 N–H and O–H groups in total. The Hall–Kier alpha value is -4.77. The summed E-state index contributed by atoms with van der Waals surface area (Å²) in [6.07, 6.45) is 0. The summed E-state index contributed by atoms with van der Waals surface area (Å²) < 4.78 is 5.18. The molecule has 0 amide bonds.